The first-order chi connectivity index (χ1) is 24.2. The molecular formula is C39H45N3O7S. The Morgan fingerprint density at radius 2 is 1.42 bits per heavy atom. The Morgan fingerprint density at radius 1 is 0.760 bits per heavy atom. The van der Waals surface area contributed by atoms with Crippen LogP contribution in [0.4, 0.5) is 5.69 Å². The summed E-state index contributed by atoms with van der Waals surface area (Å²) in [6, 6.07) is 28.5. The average molecular weight is 700 g/mol. The summed E-state index contributed by atoms with van der Waals surface area (Å²) in [7, 11) is 0.237. The highest BCUT2D eigenvalue weighted by Gasteiger charge is 2.35. The molecule has 5 rings (SSSR count). The second-order valence-corrected chi connectivity index (χ2v) is 14.1. The van der Waals surface area contributed by atoms with Gasteiger partial charge in [0.05, 0.1) is 31.9 Å². The highest BCUT2D eigenvalue weighted by Crippen LogP contribution is 2.34. The van der Waals surface area contributed by atoms with Crippen LogP contribution in [0, 0.1) is 0 Å². The highest BCUT2D eigenvalue weighted by molar-refractivity contribution is 7.92. The molecule has 2 amide bonds. The van der Waals surface area contributed by atoms with Crippen molar-refractivity contribution < 1.29 is 32.2 Å². The molecule has 0 aromatic heterocycles. The van der Waals surface area contributed by atoms with Gasteiger partial charge in [0.15, 0.2) is 11.5 Å². The summed E-state index contributed by atoms with van der Waals surface area (Å²) in [5, 5.41) is 3.23. The molecule has 1 N–H and O–H groups in total. The summed E-state index contributed by atoms with van der Waals surface area (Å²) in [4.78, 5) is 30.6. The molecular weight excluding hydrogens is 655 g/mol. The molecule has 10 nitrogen and oxygen atoms in total. The van der Waals surface area contributed by atoms with E-state index in [1.54, 1.807) is 43.5 Å². The first-order valence-electron chi connectivity index (χ1n) is 16.8. The molecule has 1 aliphatic carbocycles. The molecule has 264 valence electrons. The van der Waals surface area contributed by atoms with E-state index in [2.05, 4.69) is 5.32 Å². The van der Waals surface area contributed by atoms with Gasteiger partial charge in [-0.05, 0) is 60.4 Å². The van der Waals surface area contributed by atoms with Gasteiger partial charge in [-0.3, -0.25) is 13.9 Å². The quantitative estimate of drug-likeness (QED) is 0.162. The average Bonchev–Trinajstić information content (AvgIpc) is 3.16. The molecule has 1 saturated carbocycles. The van der Waals surface area contributed by atoms with Crippen LogP contribution in [0.1, 0.15) is 43.2 Å². The minimum Gasteiger partial charge on any atom is -0.497 e. The Morgan fingerprint density at radius 3 is 2.08 bits per heavy atom. The van der Waals surface area contributed by atoms with Gasteiger partial charge in [-0.15, -0.1) is 0 Å². The summed E-state index contributed by atoms with van der Waals surface area (Å²) < 4.78 is 46.1. The summed E-state index contributed by atoms with van der Waals surface area (Å²) in [5.74, 6) is 0.469. The number of methoxy groups -OCH3 is 3. The number of anilines is 1. The van der Waals surface area contributed by atoms with E-state index in [1.165, 1.54) is 37.3 Å². The number of sulfonamides is 1. The van der Waals surface area contributed by atoms with Crippen LogP contribution in [-0.4, -0.2) is 65.1 Å². The Balaban J connectivity index is 1.59. The zero-order valence-electron chi connectivity index (χ0n) is 28.8. The molecule has 4 aromatic carbocycles. The Labute approximate surface area is 295 Å². The fourth-order valence-electron chi connectivity index (χ4n) is 6.29. The molecule has 0 aliphatic heterocycles. The topological polar surface area (TPSA) is 114 Å². The third-order valence-corrected chi connectivity index (χ3v) is 10.8. The summed E-state index contributed by atoms with van der Waals surface area (Å²) in [6.07, 6.45) is 5.15. The van der Waals surface area contributed by atoms with Gasteiger partial charge in [0, 0.05) is 25.1 Å². The first-order valence-corrected chi connectivity index (χ1v) is 18.2. The fourth-order valence-corrected chi connectivity index (χ4v) is 7.72. The second-order valence-electron chi connectivity index (χ2n) is 12.3. The molecule has 0 unspecified atom stereocenters. The predicted octanol–water partition coefficient (Wildman–Crippen LogP) is 6.00. The number of nitrogens with one attached hydrogen (secondary N) is 1. The van der Waals surface area contributed by atoms with Gasteiger partial charge in [0.25, 0.3) is 10.0 Å². The van der Waals surface area contributed by atoms with Gasteiger partial charge in [0.2, 0.25) is 11.8 Å². The normalized spacial score (nSPS) is 13.9. The fraction of sp³-hybridized carbons (Fsp3) is 0.333. The highest BCUT2D eigenvalue weighted by atomic mass is 32.2. The Kier molecular flexibility index (Phi) is 12.4. The molecule has 4 aromatic rings. The molecule has 50 heavy (non-hydrogen) atoms. The largest absolute Gasteiger partial charge is 0.497 e. The van der Waals surface area contributed by atoms with E-state index >= 15 is 0 Å². The van der Waals surface area contributed by atoms with Crippen molar-refractivity contribution >= 4 is 27.5 Å². The number of rotatable bonds is 15. The third-order valence-electron chi connectivity index (χ3n) is 8.97. The maximum absolute atomic E-state index is 14.8. The number of carbonyl (C=O) groups is 2. The molecule has 0 bridgehead atoms. The maximum Gasteiger partial charge on any atom is 0.264 e. The van der Waals surface area contributed by atoms with E-state index in [0.29, 0.717) is 17.2 Å². The van der Waals surface area contributed by atoms with E-state index in [1.807, 2.05) is 48.5 Å². The van der Waals surface area contributed by atoms with Crippen molar-refractivity contribution in [3.8, 4) is 17.2 Å². The van der Waals surface area contributed by atoms with E-state index < -0.39 is 28.5 Å². The summed E-state index contributed by atoms with van der Waals surface area (Å²) in [5.41, 5.74) is 1.80. The summed E-state index contributed by atoms with van der Waals surface area (Å²) >= 11 is 0. The zero-order valence-corrected chi connectivity index (χ0v) is 29.6. The molecule has 0 radical (unpaired) electrons. The van der Waals surface area contributed by atoms with Crippen LogP contribution < -0.4 is 23.8 Å². The van der Waals surface area contributed by atoms with Gasteiger partial charge >= 0.3 is 0 Å². The van der Waals surface area contributed by atoms with E-state index in [-0.39, 0.29) is 35.5 Å². The van der Waals surface area contributed by atoms with Crippen molar-refractivity contribution in [1.82, 2.24) is 10.2 Å². The standard InChI is InChI=1S/C39H45N3O7S/c1-47-33-19-13-16-30(24-33)27-41(35(25-29-14-7-4-8-15-29)39(44)40-31-17-9-5-10-18-31)38(43)28-42(50(45,46)34-20-11-6-12-21-34)32-22-23-36(48-2)37(26-32)49-3/h4,6-8,11-16,19-24,26,31,35H,5,9-10,17-18,25,27-28H2,1-3H3,(H,40,44)/t35-/m0/s1. The van der Waals surface area contributed by atoms with Crippen molar-refractivity contribution in [1.29, 1.82) is 0 Å². The SMILES string of the molecule is COc1cccc(CN(C(=O)CN(c2ccc(OC)c(OC)c2)S(=O)(=O)c2ccccc2)[C@@H](Cc2ccccc2)C(=O)NC2CCCCC2)c1. The zero-order chi connectivity index (χ0) is 35.5. The van der Waals surface area contributed by atoms with Crippen LogP contribution >= 0.6 is 0 Å². The van der Waals surface area contributed by atoms with Crippen LogP contribution in [0.25, 0.3) is 0 Å². The van der Waals surface area contributed by atoms with Crippen molar-refractivity contribution in [2.45, 2.75) is 62.0 Å². The molecule has 0 saturated heterocycles. The minimum absolute atomic E-state index is 0.00464. The van der Waals surface area contributed by atoms with Gasteiger partial charge in [-0.1, -0.05) is 79.9 Å². The number of hydrogen-bond donors (Lipinski definition) is 1. The van der Waals surface area contributed by atoms with Crippen LogP contribution in [0.15, 0.2) is 108 Å². The van der Waals surface area contributed by atoms with E-state index in [9.17, 15) is 18.0 Å². The van der Waals surface area contributed by atoms with Gasteiger partial charge in [0.1, 0.15) is 18.3 Å². The number of nitrogens with zero attached hydrogens (tertiary/aromatic N) is 2. The van der Waals surface area contributed by atoms with Gasteiger partial charge in [-0.2, -0.15) is 0 Å². The first kappa shape index (κ1) is 36.3. The van der Waals surface area contributed by atoms with Crippen molar-refractivity contribution in [2.24, 2.45) is 0 Å². The number of carbonyl (C=O) groups excluding carboxylic acids is 2. The van der Waals surface area contributed by atoms with Crippen molar-refractivity contribution in [2.75, 3.05) is 32.2 Å². The van der Waals surface area contributed by atoms with Crippen LogP contribution in [0.2, 0.25) is 0 Å². The monoisotopic (exact) mass is 699 g/mol. The lowest BCUT2D eigenvalue weighted by Gasteiger charge is -2.35. The number of benzene rings is 4. The molecule has 1 fully saturated rings. The lowest BCUT2D eigenvalue weighted by Crippen LogP contribution is -2.55. The van der Waals surface area contributed by atoms with Crippen LogP contribution in [0.3, 0.4) is 0 Å². The second kappa shape index (κ2) is 17.1. The van der Waals surface area contributed by atoms with E-state index in [4.69, 9.17) is 14.2 Å². The molecule has 0 heterocycles. The third kappa shape index (κ3) is 8.95. The summed E-state index contributed by atoms with van der Waals surface area (Å²) in [6.45, 7) is -0.546. The lowest BCUT2D eigenvalue weighted by molar-refractivity contribution is -0.140. The molecule has 1 aliphatic rings. The maximum atomic E-state index is 14.8. The Hall–Kier alpha value is -5.03. The van der Waals surface area contributed by atoms with E-state index in [0.717, 1.165) is 47.5 Å². The Bertz CT molecular complexity index is 1830. The predicted molar refractivity (Wildman–Crippen MR) is 193 cm³/mol. The molecule has 0 spiro atoms. The van der Waals surface area contributed by atoms with Crippen molar-refractivity contribution in [3.05, 3.63) is 114 Å². The molecule has 11 heteroatoms. The van der Waals surface area contributed by atoms with Gasteiger partial charge < -0.3 is 24.4 Å². The number of hydrogen-bond acceptors (Lipinski definition) is 7. The number of ether oxygens (including phenoxy) is 3. The number of amides is 2. The minimum atomic E-state index is -4.27. The van der Waals surface area contributed by atoms with Crippen LogP contribution in [0.5, 0.6) is 17.2 Å². The van der Waals surface area contributed by atoms with Gasteiger partial charge in [-0.25, -0.2) is 8.42 Å². The lowest BCUT2D eigenvalue weighted by atomic mass is 9.94. The van der Waals surface area contributed by atoms with Crippen LogP contribution in [-0.2, 0) is 32.6 Å². The van der Waals surface area contributed by atoms with Crippen molar-refractivity contribution in [3.63, 3.8) is 0 Å². The molecule has 1 atom stereocenters. The smallest absolute Gasteiger partial charge is 0.264 e.